The fraction of sp³-hybridized carbons (Fsp3) is 0.800. The maximum absolute atomic E-state index is 12.0. The Morgan fingerprint density at radius 3 is 2.22 bits per heavy atom. The van der Waals surface area contributed by atoms with Crippen molar-refractivity contribution in [1.82, 2.24) is 9.80 Å². The second kappa shape index (κ2) is 5.94. The number of nitrogens with zero attached hydrogens (tertiary/aromatic N) is 2. The Kier molecular flexibility index (Phi) is 5.06. The lowest BCUT2D eigenvalue weighted by molar-refractivity contribution is -0.132. The molecule has 1 rings (SSSR count). The Balaban J connectivity index is 2.53. The molecule has 6 nitrogen and oxygen atoms in total. The average Bonchev–Trinajstić information content (AvgIpc) is 2.26. The number of piperazine rings is 1. The van der Waals surface area contributed by atoms with E-state index in [9.17, 15) is 13.2 Å². The first-order chi connectivity index (χ1) is 8.21. The zero-order valence-electron chi connectivity index (χ0n) is 10.6. The quantitative estimate of drug-likeness (QED) is 0.659. The van der Waals surface area contributed by atoms with Crippen LogP contribution in [-0.2, 0) is 14.6 Å². The van der Waals surface area contributed by atoms with Crippen LogP contribution in [0.3, 0.4) is 0 Å². The van der Waals surface area contributed by atoms with E-state index in [1.807, 2.05) is 0 Å². The van der Waals surface area contributed by atoms with Crippen molar-refractivity contribution in [2.24, 2.45) is 5.73 Å². The summed E-state index contributed by atoms with van der Waals surface area (Å²) >= 11 is 4.82. The van der Waals surface area contributed by atoms with Gasteiger partial charge in [0, 0.05) is 39.0 Å². The highest BCUT2D eigenvalue weighted by Crippen LogP contribution is 2.08. The van der Waals surface area contributed by atoms with Gasteiger partial charge in [0.1, 0.15) is 5.25 Å². The van der Waals surface area contributed by atoms with Gasteiger partial charge in [-0.15, -0.1) is 0 Å². The first-order valence-corrected chi connectivity index (χ1v) is 8.06. The lowest BCUT2D eigenvalue weighted by atomic mass is 10.3. The van der Waals surface area contributed by atoms with Gasteiger partial charge >= 0.3 is 0 Å². The van der Waals surface area contributed by atoms with Gasteiger partial charge in [0.2, 0.25) is 5.91 Å². The van der Waals surface area contributed by atoms with Gasteiger partial charge < -0.3 is 10.6 Å². The maximum Gasteiger partial charge on any atom is 0.240 e. The standard InChI is InChI=1S/C10H19N3O3S2/c1-8(18(2,15)16)10(14)13-5-3-12(4-6-13)7-9(11)17/h8H,3-7H2,1-2H3,(H2,11,17). The first-order valence-electron chi connectivity index (χ1n) is 5.70. The molecule has 1 fully saturated rings. The Bertz CT molecular complexity index is 428. The molecule has 0 aromatic carbocycles. The van der Waals surface area contributed by atoms with Crippen molar-refractivity contribution in [3.05, 3.63) is 0 Å². The molecule has 0 aromatic heterocycles. The van der Waals surface area contributed by atoms with Gasteiger partial charge in [-0.05, 0) is 6.92 Å². The van der Waals surface area contributed by atoms with E-state index in [0.29, 0.717) is 37.7 Å². The highest BCUT2D eigenvalue weighted by molar-refractivity contribution is 7.92. The number of hydrogen-bond acceptors (Lipinski definition) is 5. The molecule has 0 aliphatic carbocycles. The summed E-state index contributed by atoms with van der Waals surface area (Å²) in [6, 6.07) is 0. The monoisotopic (exact) mass is 293 g/mol. The number of rotatable bonds is 4. The number of hydrogen-bond donors (Lipinski definition) is 1. The number of amides is 1. The molecule has 104 valence electrons. The fourth-order valence-corrected chi connectivity index (χ4v) is 2.48. The molecule has 1 atom stereocenters. The van der Waals surface area contributed by atoms with E-state index in [1.165, 1.54) is 6.92 Å². The summed E-state index contributed by atoms with van der Waals surface area (Å²) in [5.41, 5.74) is 5.45. The summed E-state index contributed by atoms with van der Waals surface area (Å²) in [7, 11) is -3.33. The minimum Gasteiger partial charge on any atom is -0.392 e. The van der Waals surface area contributed by atoms with Crippen LogP contribution < -0.4 is 5.73 Å². The van der Waals surface area contributed by atoms with Crippen LogP contribution in [0.15, 0.2) is 0 Å². The zero-order chi connectivity index (χ0) is 13.9. The molecular weight excluding hydrogens is 274 g/mol. The van der Waals surface area contributed by atoms with Gasteiger partial charge in [0.05, 0.1) is 4.99 Å². The Morgan fingerprint density at radius 1 is 1.33 bits per heavy atom. The third-order valence-electron chi connectivity index (χ3n) is 3.05. The van der Waals surface area contributed by atoms with Gasteiger partial charge in [-0.2, -0.15) is 0 Å². The second-order valence-corrected chi connectivity index (χ2v) is 7.43. The molecule has 0 bridgehead atoms. The van der Waals surface area contributed by atoms with Crippen molar-refractivity contribution in [1.29, 1.82) is 0 Å². The molecule has 0 saturated carbocycles. The van der Waals surface area contributed by atoms with E-state index in [0.717, 1.165) is 6.26 Å². The third-order valence-corrected chi connectivity index (χ3v) is 4.67. The van der Waals surface area contributed by atoms with Gasteiger partial charge in [0.15, 0.2) is 9.84 Å². The zero-order valence-corrected chi connectivity index (χ0v) is 12.3. The lowest BCUT2D eigenvalue weighted by Crippen LogP contribution is -2.53. The van der Waals surface area contributed by atoms with Crippen LogP contribution in [0.5, 0.6) is 0 Å². The summed E-state index contributed by atoms with van der Waals surface area (Å²) in [5.74, 6) is -0.326. The highest BCUT2D eigenvalue weighted by Gasteiger charge is 2.30. The Labute approximate surface area is 113 Å². The molecule has 2 N–H and O–H groups in total. The van der Waals surface area contributed by atoms with Crippen molar-refractivity contribution in [3.63, 3.8) is 0 Å². The van der Waals surface area contributed by atoms with E-state index in [2.05, 4.69) is 4.90 Å². The van der Waals surface area contributed by atoms with E-state index in [1.54, 1.807) is 4.90 Å². The van der Waals surface area contributed by atoms with Gasteiger partial charge in [0.25, 0.3) is 0 Å². The van der Waals surface area contributed by atoms with Crippen LogP contribution in [0.2, 0.25) is 0 Å². The molecule has 1 aliphatic rings. The van der Waals surface area contributed by atoms with Gasteiger partial charge in [-0.1, -0.05) is 12.2 Å². The van der Waals surface area contributed by atoms with Gasteiger partial charge in [-0.3, -0.25) is 9.69 Å². The number of thiocarbonyl (C=S) groups is 1. The molecule has 1 unspecified atom stereocenters. The average molecular weight is 293 g/mol. The fourth-order valence-electron chi connectivity index (χ4n) is 1.79. The maximum atomic E-state index is 12.0. The van der Waals surface area contributed by atoms with E-state index >= 15 is 0 Å². The minimum absolute atomic E-state index is 0.326. The summed E-state index contributed by atoms with van der Waals surface area (Å²) in [5, 5.41) is -0.973. The van der Waals surface area contributed by atoms with Crippen LogP contribution >= 0.6 is 12.2 Å². The SMILES string of the molecule is CC(C(=O)N1CCN(CC(N)=S)CC1)S(C)(=O)=O. The molecule has 1 saturated heterocycles. The third kappa shape index (κ3) is 4.18. The normalized spacial score (nSPS) is 19.6. The van der Waals surface area contributed by atoms with Crippen molar-refractivity contribution in [2.75, 3.05) is 39.0 Å². The molecular formula is C10H19N3O3S2. The van der Waals surface area contributed by atoms with E-state index in [-0.39, 0.29) is 5.91 Å². The minimum atomic E-state index is -3.33. The van der Waals surface area contributed by atoms with Crippen LogP contribution in [-0.4, -0.2) is 73.3 Å². The van der Waals surface area contributed by atoms with Crippen LogP contribution in [0.1, 0.15) is 6.92 Å². The number of carbonyl (C=O) groups is 1. The van der Waals surface area contributed by atoms with E-state index < -0.39 is 15.1 Å². The Hall–Kier alpha value is -0.730. The topological polar surface area (TPSA) is 83.7 Å². The number of carbonyl (C=O) groups excluding carboxylic acids is 1. The summed E-state index contributed by atoms with van der Waals surface area (Å²) in [6.07, 6.45) is 1.08. The van der Waals surface area contributed by atoms with Crippen molar-refractivity contribution in [3.8, 4) is 0 Å². The molecule has 0 radical (unpaired) electrons. The van der Waals surface area contributed by atoms with Crippen molar-refractivity contribution in [2.45, 2.75) is 12.2 Å². The smallest absolute Gasteiger partial charge is 0.240 e. The summed E-state index contributed by atoms with van der Waals surface area (Å²) in [6.45, 7) is 4.33. The second-order valence-electron chi connectivity index (χ2n) is 4.54. The van der Waals surface area contributed by atoms with Crippen LogP contribution in [0, 0.1) is 0 Å². The Morgan fingerprint density at radius 2 is 1.83 bits per heavy atom. The lowest BCUT2D eigenvalue weighted by Gasteiger charge is -2.35. The molecule has 0 aromatic rings. The van der Waals surface area contributed by atoms with E-state index in [4.69, 9.17) is 18.0 Å². The molecule has 0 spiro atoms. The predicted molar refractivity (Wildman–Crippen MR) is 74.1 cm³/mol. The molecule has 1 amide bonds. The van der Waals surface area contributed by atoms with Crippen molar-refractivity contribution >= 4 is 33.0 Å². The predicted octanol–water partition coefficient (Wildman–Crippen LogP) is -1.15. The largest absolute Gasteiger partial charge is 0.392 e. The van der Waals surface area contributed by atoms with Crippen molar-refractivity contribution < 1.29 is 13.2 Å². The summed E-state index contributed by atoms with van der Waals surface area (Å²) < 4.78 is 22.7. The molecule has 1 heterocycles. The number of nitrogens with two attached hydrogens (primary N) is 1. The van der Waals surface area contributed by atoms with Crippen LogP contribution in [0.25, 0.3) is 0 Å². The molecule has 18 heavy (non-hydrogen) atoms. The number of sulfone groups is 1. The molecule has 8 heteroatoms. The highest BCUT2D eigenvalue weighted by atomic mass is 32.2. The van der Waals surface area contributed by atoms with Gasteiger partial charge in [-0.25, -0.2) is 8.42 Å². The molecule has 1 aliphatic heterocycles. The van der Waals surface area contributed by atoms with Crippen LogP contribution in [0.4, 0.5) is 0 Å². The first kappa shape index (κ1) is 15.3. The summed E-state index contributed by atoms with van der Waals surface area (Å²) in [4.78, 5) is 16.0.